The van der Waals surface area contributed by atoms with Crippen LogP contribution in [0.5, 0.6) is 0 Å². The normalized spacial score (nSPS) is 26.8. The van der Waals surface area contributed by atoms with Crippen LogP contribution in [0, 0.1) is 0 Å². The summed E-state index contributed by atoms with van der Waals surface area (Å²) in [6.45, 7) is 5.51. The van der Waals surface area contributed by atoms with Gasteiger partial charge in [-0.2, -0.15) is 0 Å². The summed E-state index contributed by atoms with van der Waals surface area (Å²) in [6, 6.07) is 10.9. The summed E-state index contributed by atoms with van der Waals surface area (Å²) in [4.78, 5) is 2.45. The van der Waals surface area contributed by atoms with Crippen LogP contribution in [0.1, 0.15) is 25.3 Å². The maximum atomic E-state index is 3.55. The van der Waals surface area contributed by atoms with Crippen molar-refractivity contribution in [2.75, 3.05) is 19.6 Å². The molecular formula is C19H23ClN2. The van der Waals surface area contributed by atoms with Crippen molar-refractivity contribution in [1.82, 2.24) is 10.2 Å². The van der Waals surface area contributed by atoms with Crippen LogP contribution in [-0.2, 0) is 5.41 Å². The molecule has 3 aliphatic rings. The lowest BCUT2D eigenvalue weighted by Crippen LogP contribution is -2.35. The number of hydrogen-bond donors (Lipinski definition) is 1. The molecule has 1 aliphatic carbocycles. The maximum absolute atomic E-state index is 3.55. The maximum Gasteiger partial charge on any atom is 0.0453 e. The average Bonchev–Trinajstić information content (AvgIpc) is 2.75. The van der Waals surface area contributed by atoms with Crippen molar-refractivity contribution in [1.29, 1.82) is 0 Å². The third-order valence-electron chi connectivity index (χ3n) is 5.10. The molecule has 1 aromatic carbocycles. The minimum atomic E-state index is 0. The molecule has 22 heavy (non-hydrogen) atoms. The van der Waals surface area contributed by atoms with Crippen molar-refractivity contribution in [3.8, 4) is 0 Å². The van der Waals surface area contributed by atoms with Crippen LogP contribution in [-0.4, -0.2) is 24.5 Å². The number of nitrogens with zero attached hydrogens (tertiary/aromatic N) is 1. The van der Waals surface area contributed by atoms with E-state index >= 15 is 0 Å². The molecule has 0 radical (unpaired) electrons. The molecule has 1 saturated heterocycles. The van der Waals surface area contributed by atoms with Gasteiger partial charge in [-0.1, -0.05) is 42.5 Å². The Hall–Kier alpha value is -1.51. The Balaban J connectivity index is 0.00000144. The lowest BCUT2D eigenvalue weighted by atomic mass is 9.69. The summed E-state index contributed by atoms with van der Waals surface area (Å²) in [6.07, 6.45) is 9.47. The molecule has 2 nitrogen and oxygen atoms in total. The quantitative estimate of drug-likeness (QED) is 0.849. The van der Waals surface area contributed by atoms with E-state index in [0.717, 1.165) is 19.6 Å². The molecule has 2 heterocycles. The van der Waals surface area contributed by atoms with Crippen molar-refractivity contribution in [3.05, 3.63) is 71.1 Å². The highest BCUT2D eigenvalue weighted by Gasteiger charge is 2.37. The molecule has 0 spiro atoms. The largest absolute Gasteiger partial charge is 0.347 e. The fraction of sp³-hybridized carbons (Fsp3) is 0.368. The number of benzene rings is 1. The van der Waals surface area contributed by atoms with E-state index in [-0.39, 0.29) is 17.8 Å². The smallest absolute Gasteiger partial charge is 0.0453 e. The van der Waals surface area contributed by atoms with Gasteiger partial charge in [-0.05, 0) is 36.5 Å². The number of hydrogen-bond acceptors (Lipinski definition) is 2. The molecule has 0 bridgehead atoms. The van der Waals surface area contributed by atoms with E-state index in [1.807, 2.05) is 0 Å². The van der Waals surface area contributed by atoms with Crippen LogP contribution < -0.4 is 5.32 Å². The zero-order chi connectivity index (χ0) is 14.3. The molecule has 0 amide bonds. The van der Waals surface area contributed by atoms with E-state index in [1.54, 1.807) is 5.57 Å². The average molecular weight is 315 g/mol. The van der Waals surface area contributed by atoms with E-state index in [9.17, 15) is 0 Å². The molecule has 1 fully saturated rings. The SMILES string of the molecule is CC1(c2ccccc2)C=CN2CCNCC3=CCCC1=C32.Cl. The van der Waals surface area contributed by atoms with Crippen molar-refractivity contribution in [2.24, 2.45) is 0 Å². The Labute approximate surface area is 139 Å². The molecule has 1 N–H and O–H groups in total. The lowest BCUT2D eigenvalue weighted by molar-refractivity contribution is 0.437. The zero-order valence-corrected chi connectivity index (χ0v) is 13.8. The molecule has 3 heteroatoms. The highest BCUT2D eigenvalue weighted by Crippen LogP contribution is 2.45. The Morgan fingerprint density at radius 3 is 2.82 bits per heavy atom. The summed E-state index contributed by atoms with van der Waals surface area (Å²) in [7, 11) is 0. The summed E-state index contributed by atoms with van der Waals surface area (Å²) in [5.74, 6) is 0. The first-order valence-corrected chi connectivity index (χ1v) is 7.94. The van der Waals surface area contributed by atoms with E-state index in [0.29, 0.717) is 0 Å². The molecule has 1 atom stereocenters. The molecule has 1 unspecified atom stereocenters. The van der Waals surface area contributed by atoms with Crippen LogP contribution in [0.15, 0.2) is 65.5 Å². The Morgan fingerprint density at radius 1 is 1.18 bits per heavy atom. The molecule has 116 valence electrons. The summed E-state index contributed by atoms with van der Waals surface area (Å²) in [5, 5.41) is 3.55. The van der Waals surface area contributed by atoms with Gasteiger partial charge in [0, 0.05) is 36.9 Å². The van der Waals surface area contributed by atoms with Crippen LogP contribution in [0.3, 0.4) is 0 Å². The molecule has 0 aromatic heterocycles. The predicted molar refractivity (Wildman–Crippen MR) is 94.1 cm³/mol. The first-order chi connectivity index (χ1) is 10.3. The van der Waals surface area contributed by atoms with Gasteiger partial charge in [0.2, 0.25) is 0 Å². The first-order valence-electron chi connectivity index (χ1n) is 7.94. The van der Waals surface area contributed by atoms with Crippen molar-refractivity contribution < 1.29 is 0 Å². The standard InChI is InChI=1S/C19H22N2.ClH/c1-19(16-7-3-2-4-8-16)10-12-21-13-11-20-14-15-6-5-9-17(19)18(15)21;/h2-4,6-8,10,12,20H,5,9,11,13-14H2,1H3;1H. The molecule has 1 aromatic rings. The Bertz CT molecular complexity index is 645. The van der Waals surface area contributed by atoms with E-state index in [1.165, 1.54) is 29.7 Å². The fourth-order valence-corrected chi connectivity index (χ4v) is 3.90. The van der Waals surface area contributed by atoms with Gasteiger partial charge in [-0.25, -0.2) is 0 Å². The number of halogens is 1. The summed E-state index contributed by atoms with van der Waals surface area (Å²) < 4.78 is 0. The van der Waals surface area contributed by atoms with Gasteiger partial charge in [0.15, 0.2) is 0 Å². The van der Waals surface area contributed by atoms with Gasteiger partial charge in [0.25, 0.3) is 0 Å². The zero-order valence-electron chi connectivity index (χ0n) is 13.0. The number of rotatable bonds is 1. The second kappa shape index (κ2) is 5.94. The van der Waals surface area contributed by atoms with Crippen molar-refractivity contribution in [3.63, 3.8) is 0 Å². The third-order valence-corrected chi connectivity index (χ3v) is 5.10. The van der Waals surface area contributed by atoms with Crippen LogP contribution in [0.2, 0.25) is 0 Å². The monoisotopic (exact) mass is 314 g/mol. The number of nitrogens with one attached hydrogen (secondary N) is 1. The molecule has 4 rings (SSSR count). The predicted octanol–water partition coefficient (Wildman–Crippen LogP) is 3.77. The van der Waals surface area contributed by atoms with E-state index in [2.05, 4.69) is 65.8 Å². The van der Waals surface area contributed by atoms with Gasteiger partial charge in [0.05, 0.1) is 0 Å². The van der Waals surface area contributed by atoms with Gasteiger partial charge >= 0.3 is 0 Å². The van der Waals surface area contributed by atoms with Gasteiger partial charge in [-0.3, -0.25) is 0 Å². The summed E-state index contributed by atoms with van der Waals surface area (Å²) >= 11 is 0. The number of allylic oxidation sites excluding steroid dienone is 3. The van der Waals surface area contributed by atoms with Crippen LogP contribution >= 0.6 is 12.4 Å². The molecule has 2 aliphatic heterocycles. The highest BCUT2D eigenvalue weighted by atomic mass is 35.5. The Kier molecular flexibility index (Phi) is 4.16. The second-order valence-corrected chi connectivity index (χ2v) is 6.35. The summed E-state index contributed by atoms with van der Waals surface area (Å²) in [5.41, 5.74) is 6.01. The van der Waals surface area contributed by atoms with E-state index < -0.39 is 0 Å². The topological polar surface area (TPSA) is 15.3 Å². The minimum Gasteiger partial charge on any atom is -0.347 e. The first kappa shape index (κ1) is 15.4. The Morgan fingerprint density at radius 2 is 2.00 bits per heavy atom. The van der Waals surface area contributed by atoms with Crippen molar-refractivity contribution >= 4 is 12.4 Å². The second-order valence-electron chi connectivity index (χ2n) is 6.35. The van der Waals surface area contributed by atoms with Crippen molar-refractivity contribution in [2.45, 2.75) is 25.2 Å². The van der Waals surface area contributed by atoms with Crippen LogP contribution in [0.4, 0.5) is 0 Å². The fourth-order valence-electron chi connectivity index (χ4n) is 3.90. The van der Waals surface area contributed by atoms with Gasteiger partial charge < -0.3 is 10.2 Å². The lowest BCUT2D eigenvalue weighted by Gasteiger charge is -2.41. The molecule has 0 saturated carbocycles. The molecular weight excluding hydrogens is 292 g/mol. The van der Waals surface area contributed by atoms with Gasteiger partial charge in [0.1, 0.15) is 0 Å². The highest BCUT2D eigenvalue weighted by molar-refractivity contribution is 5.85. The van der Waals surface area contributed by atoms with E-state index in [4.69, 9.17) is 0 Å². The minimum absolute atomic E-state index is 0. The third kappa shape index (κ3) is 2.31. The van der Waals surface area contributed by atoms with Crippen LogP contribution in [0.25, 0.3) is 0 Å². The van der Waals surface area contributed by atoms with Gasteiger partial charge in [-0.15, -0.1) is 12.4 Å².